The van der Waals surface area contributed by atoms with Crippen molar-refractivity contribution in [3.05, 3.63) is 94.4 Å². The maximum atomic E-state index is 15.1. The molecule has 1 fully saturated rings. The number of rotatable bonds is 8. The van der Waals surface area contributed by atoms with Gasteiger partial charge in [0.15, 0.2) is 0 Å². The first-order valence-corrected chi connectivity index (χ1v) is 13.2. The third-order valence-electron chi connectivity index (χ3n) is 7.11. The SMILES string of the molecule is Cn1cc(C(=O)Nc2cc(F)c(CC(=O)N3CCCC3COc3ccc(C(=O)O)cc3)cc2Cl)c2ccccc21. The molecule has 2 heterocycles. The molecule has 8 nitrogen and oxygen atoms in total. The van der Waals surface area contributed by atoms with Gasteiger partial charge in [0.25, 0.3) is 5.91 Å². The Hall–Kier alpha value is -4.37. The number of aromatic carboxylic acids is 1. The summed E-state index contributed by atoms with van der Waals surface area (Å²) in [4.78, 5) is 38.8. The Bertz CT molecular complexity index is 1600. The number of aromatic nitrogens is 1. The van der Waals surface area contributed by atoms with Crippen molar-refractivity contribution in [2.75, 3.05) is 18.5 Å². The summed E-state index contributed by atoms with van der Waals surface area (Å²) in [5.74, 6) is -1.83. The monoisotopic (exact) mass is 563 g/mol. The third-order valence-corrected chi connectivity index (χ3v) is 7.42. The van der Waals surface area contributed by atoms with Crippen molar-refractivity contribution in [1.82, 2.24) is 9.47 Å². The highest BCUT2D eigenvalue weighted by Gasteiger charge is 2.30. The molecule has 3 aromatic carbocycles. The molecule has 0 spiro atoms. The number of ether oxygens (including phenoxy) is 1. The summed E-state index contributed by atoms with van der Waals surface area (Å²) >= 11 is 6.41. The maximum Gasteiger partial charge on any atom is 0.335 e. The number of benzene rings is 3. The van der Waals surface area contributed by atoms with Crippen LogP contribution >= 0.6 is 11.6 Å². The number of fused-ring (bicyclic) bond motifs is 1. The summed E-state index contributed by atoms with van der Waals surface area (Å²) in [6, 6.07) is 15.8. The molecule has 1 aromatic heterocycles. The molecule has 0 radical (unpaired) electrons. The highest BCUT2D eigenvalue weighted by atomic mass is 35.5. The van der Waals surface area contributed by atoms with E-state index in [0.717, 1.165) is 29.8 Å². The largest absolute Gasteiger partial charge is 0.491 e. The zero-order valence-electron chi connectivity index (χ0n) is 21.7. The molecular formula is C30H27ClFN3O5. The lowest BCUT2D eigenvalue weighted by atomic mass is 10.1. The number of para-hydroxylation sites is 1. The molecular weight excluding hydrogens is 537 g/mol. The molecule has 206 valence electrons. The molecule has 10 heteroatoms. The Labute approximate surface area is 234 Å². The van der Waals surface area contributed by atoms with E-state index in [9.17, 15) is 14.4 Å². The van der Waals surface area contributed by atoms with Crippen LogP contribution in [0.2, 0.25) is 5.02 Å². The number of amides is 2. The van der Waals surface area contributed by atoms with Crippen molar-refractivity contribution in [3.63, 3.8) is 0 Å². The fraction of sp³-hybridized carbons (Fsp3) is 0.233. The predicted molar refractivity (Wildman–Crippen MR) is 150 cm³/mol. The third kappa shape index (κ3) is 5.65. The van der Waals surface area contributed by atoms with Gasteiger partial charge in [-0.1, -0.05) is 29.8 Å². The summed E-state index contributed by atoms with van der Waals surface area (Å²) in [7, 11) is 1.84. The van der Waals surface area contributed by atoms with Crippen molar-refractivity contribution in [1.29, 1.82) is 0 Å². The number of halogens is 2. The lowest BCUT2D eigenvalue weighted by Crippen LogP contribution is -2.40. The van der Waals surface area contributed by atoms with Gasteiger partial charge in [-0.2, -0.15) is 0 Å². The molecule has 0 saturated carbocycles. The Morgan fingerprint density at radius 2 is 1.88 bits per heavy atom. The van der Waals surface area contributed by atoms with Crippen molar-refractivity contribution >= 4 is 46.0 Å². The van der Waals surface area contributed by atoms with Gasteiger partial charge in [0, 0.05) is 30.7 Å². The van der Waals surface area contributed by atoms with Crippen LogP contribution in [0, 0.1) is 5.82 Å². The van der Waals surface area contributed by atoms with Crippen LogP contribution in [0.3, 0.4) is 0 Å². The Morgan fingerprint density at radius 3 is 2.62 bits per heavy atom. The summed E-state index contributed by atoms with van der Waals surface area (Å²) < 4.78 is 22.7. The van der Waals surface area contributed by atoms with Crippen LogP contribution in [-0.2, 0) is 18.3 Å². The van der Waals surface area contributed by atoms with Gasteiger partial charge < -0.3 is 24.6 Å². The zero-order chi connectivity index (χ0) is 28.4. The maximum absolute atomic E-state index is 15.1. The Morgan fingerprint density at radius 1 is 1.12 bits per heavy atom. The number of carboxylic acid groups (broad SMARTS) is 1. The van der Waals surface area contributed by atoms with Gasteiger partial charge >= 0.3 is 5.97 Å². The van der Waals surface area contributed by atoms with E-state index in [2.05, 4.69) is 5.32 Å². The van der Waals surface area contributed by atoms with Gasteiger partial charge in [0.1, 0.15) is 18.2 Å². The number of carboxylic acids is 1. The predicted octanol–water partition coefficient (Wildman–Crippen LogP) is 5.53. The average molecular weight is 564 g/mol. The van der Waals surface area contributed by atoms with Gasteiger partial charge in [-0.15, -0.1) is 0 Å². The highest BCUT2D eigenvalue weighted by molar-refractivity contribution is 6.34. The van der Waals surface area contributed by atoms with Crippen molar-refractivity contribution < 1.29 is 28.6 Å². The van der Waals surface area contributed by atoms with E-state index in [4.69, 9.17) is 21.4 Å². The number of hydrogen-bond donors (Lipinski definition) is 2. The van der Waals surface area contributed by atoms with Crippen LogP contribution in [0.25, 0.3) is 10.9 Å². The Kier molecular flexibility index (Phi) is 7.75. The average Bonchev–Trinajstić information content (AvgIpc) is 3.55. The van der Waals surface area contributed by atoms with Crippen LogP contribution in [-0.4, -0.2) is 51.6 Å². The van der Waals surface area contributed by atoms with Crippen LogP contribution in [0.4, 0.5) is 10.1 Å². The molecule has 2 amide bonds. The summed E-state index contributed by atoms with van der Waals surface area (Å²) in [6.07, 6.45) is 3.05. The molecule has 1 aliphatic rings. The standard InChI is InChI=1S/C30H27ClFN3O5/c1-34-16-23(22-6-2-3-7-27(22)34)29(37)33-26-15-25(32)19(13-24(26)31)14-28(36)35-12-4-5-20(35)17-40-21-10-8-18(9-11-21)30(38)39/h2-3,6-11,13,15-16,20H,4-5,12,14,17H2,1H3,(H,33,37)(H,38,39). The second-order valence-electron chi connectivity index (χ2n) is 9.75. The fourth-order valence-corrected chi connectivity index (χ4v) is 5.25. The molecule has 1 atom stereocenters. The molecule has 1 unspecified atom stereocenters. The lowest BCUT2D eigenvalue weighted by Gasteiger charge is -2.25. The zero-order valence-corrected chi connectivity index (χ0v) is 22.5. The number of carbonyl (C=O) groups is 3. The van der Waals surface area contributed by atoms with Gasteiger partial charge in [-0.25, -0.2) is 9.18 Å². The molecule has 5 rings (SSSR count). The lowest BCUT2D eigenvalue weighted by molar-refractivity contribution is -0.131. The van der Waals surface area contributed by atoms with Gasteiger partial charge in [-0.3, -0.25) is 9.59 Å². The molecule has 0 bridgehead atoms. The molecule has 4 aromatic rings. The van der Waals surface area contributed by atoms with E-state index in [0.29, 0.717) is 17.9 Å². The van der Waals surface area contributed by atoms with E-state index in [1.54, 1.807) is 23.2 Å². The van der Waals surface area contributed by atoms with Gasteiger partial charge in [-0.05, 0) is 60.9 Å². The van der Waals surface area contributed by atoms with Crippen LogP contribution < -0.4 is 10.1 Å². The Balaban J connectivity index is 1.23. The summed E-state index contributed by atoms with van der Waals surface area (Å²) in [6.45, 7) is 0.764. The number of hydrogen-bond acceptors (Lipinski definition) is 4. The van der Waals surface area contributed by atoms with Gasteiger partial charge in [0.2, 0.25) is 5.91 Å². The second-order valence-corrected chi connectivity index (χ2v) is 10.2. The van der Waals surface area contributed by atoms with Gasteiger partial charge in [0.05, 0.1) is 34.3 Å². The van der Waals surface area contributed by atoms with Crippen molar-refractivity contribution in [2.24, 2.45) is 7.05 Å². The van der Waals surface area contributed by atoms with E-state index >= 15 is 4.39 Å². The number of aryl methyl sites for hydroxylation is 1. The second kappa shape index (κ2) is 11.4. The van der Waals surface area contributed by atoms with E-state index in [1.807, 2.05) is 35.9 Å². The molecule has 1 saturated heterocycles. The number of carbonyl (C=O) groups excluding carboxylic acids is 2. The van der Waals surface area contributed by atoms with E-state index in [1.165, 1.54) is 18.2 Å². The number of anilines is 1. The molecule has 2 N–H and O–H groups in total. The van der Waals surface area contributed by atoms with E-state index < -0.39 is 17.7 Å². The normalized spacial score (nSPS) is 14.9. The van der Waals surface area contributed by atoms with Crippen LogP contribution in [0.1, 0.15) is 39.1 Å². The first-order chi connectivity index (χ1) is 19.2. The molecule has 40 heavy (non-hydrogen) atoms. The minimum atomic E-state index is -1.02. The summed E-state index contributed by atoms with van der Waals surface area (Å²) in [5, 5.41) is 12.6. The highest BCUT2D eigenvalue weighted by Crippen LogP contribution is 2.29. The fourth-order valence-electron chi connectivity index (χ4n) is 5.02. The minimum Gasteiger partial charge on any atom is -0.491 e. The quantitative estimate of drug-likeness (QED) is 0.293. The number of likely N-dealkylation sites (tertiary alicyclic amines) is 1. The van der Waals surface area contributed by atoms with Crippen LogP contribution in [0.15, 0.2) is 66.9 Å². The van der Waals surface area contributed by atoms with Crippen molar-refractivity contribution in [3.8, 4) is 5.75 Å². The minimum absolute atomic E-state index is 0.120. The first-order valence-electron chi connectivity index (χ1n) is 12.8. The number of nitrogens with zero attached hydrogens (tertiary/aromatic N) is 2. The molecule has 0 aliphatic carbocycles. The van der Waals surface area contributed by atoms with Crippen LogP contribution in [0.5, 0.6) is 5.75 Å². The first kappa shape index (κ1) is 27.2. The smallest absolute Gasteiger partial charge is 0.335 e. The molecule has 1 aliphatic heterocycles. The number of nitrogens with one attached hydrogen (secondary N) is 1. The van der Waals surface area contributed by atoms with E-state index in [-0.39, 0.29) is 46.8 Å². The van der Waals surface area contributed by atoms with Crippen molar-refractivity contribution in [2.45, 2.75) is 25.3 Å². The topological polar surface area (TPSA) is 101 Å². The summed E-state index contributed by atoms with van der Waals surface area (Å²) in [5.41, 5.74) is 1.74.